The van der Waals surface area contributed by atoms with Gasteiger partial charge in [-0.25, -0.2) is 4.39 Å². The molecule has 0 saturated heterocycles. The lowest BCUT2D eigenvalue weighted by Gasteiger charge is -1.90. The third-order valence-electron chi connectivity index (χ3n) is 0.610. The van der Waals surface area contributed by atoms with Crippen LogP contribution in [0.4, 0.5) is 4.39 Å². The van der Waals surface area contributed by atoms with Crippen LogP contribution in [-0.2, 0) is 4.57 Å². The van der Waals surface area contributed by atoms with E-state index in [2.05, 4.69) is 0 Å². The van der Waals surface area contributed by atoms with Gasteiger partial charge in [-0.05, 0) is 4.57 Å². The van der Waals surface area contributed by atoms with Crippen LogP contribution in [0.15, 0.2) is 0 Å². The van der Waals surface area contributed by atoms with Crippen LogP contribution in [0, 0.1) is 0 Å². The molecule has 0 amide bonds. The minimum Gasteiger partial charge on any atom is -0.328 e. The molecular weight excluding hydrogens is 132 g/mol. The normalized spacial score (nSPS) is 15.6. The van der Waals surface area contributed by atoms with Gasteiger partial charge >= 0.3 is 8.03 Å². The second-order valence-corrected chi connectivity index (χ2v) is 2.44. The molecule has 0 aromatic heterocycles. The summed E-state index contributed by atoms with van der Waals surface area (Å²) in [6.45, 7) is -0.179. The number of hydrogen-bond acceptors (Lipinski definition) is 2. The predicted molar refractivity (Wildman–Crippen MR) is 28.6 cm³/mol. The summed E-state index contributed by atoms with van der Waals surface area (Å²) < 4.78 is 21.7. The molecule has 2 unspecified atom stereocenters. The highest BCUT2D eigenvalue weighted by Gasteiger charge is 2.18. The second-order valence-electron chi connectivity index (χ2n) is 1.37. The molecule has 0 aliphatic heterocycles. The van der Waals surface area contributed by atoms with Crippen LogP contribution >= 0.6 is 8.03 Å². The summed E-state index contributed by atoms with van der Waals surface area (Å²) >= 11 is 0. The molecule has 0 saturated carbocycles. The van der Waals surface area contributed by atoms with Gasteiger partial charge in [0.25, 0.3) is 0 Å². The average Bonchev–Trinajstić information content (AvgIpc) is 1.65. The summed E-state index contributed by atoms with van der Waals surface area (Å²) in [4.78, 5) is 8.07. The van der Waals surface area contributed by atoms with Crippen molar-refractivity contribution in [3.63, 3.8) is 0 Å². The zero-order chi connectivity index (χ0) is 6.57. The largest absolute Gasteiger partial charge is 0.508 e. The summed E-state index contributed by atoms with van der Waals surface area (Å²) in [6, 6.07) is 0. The fraction of sp³-hybridized carbons (Fsp3) is 1.00. The van der Waals surface area contributed by atoms with E-state index in [4.69, 9.17) is 10.6 Å². The maximum atomic E-state index is 11.9. The maximum Gasteiger partial charge on any atom is 0.508 e. The molecule has 0 aromatic rings. The first-order chi connectivity index (χ1) is 3.66. The van der Waals surface area contributed by atoms with Crippen LogP contribution in [0.1, 0.15) is 0 Å². The van der Waals surface area contributed by atoms with Gasteiger partial charge in [0, 0.05) is 6.54 Å². The average molecular weight is 140 g/mol. The molecule has 2 atom stereocenters. The summed E-state index contributed by atoms with van der Waals surface area (Å²) in [7, 11) is -2.35. The fourth-order valence-corrected chi connectivity index (χ4v) is 0.732. The van der Waals surface area contributed by atoms with Crippen molar-refractivity contribution in [3.05, 3.63) is 0 Å². The molecule has 8 heavy (non-hydrogen) atoms. The molecule has 0 rings (SSSR count). The maximum absolute atomic E-state index is 11.9. The van der Waals surface area contributed by atoms with Crippen LogP contribution in [-0.4, -0.2) is 23.8 Å². The molecule has 0 heterocycles. The lowest BCUT2D eigenvalue weighted by molar-refractivity contribution is 0.364. The minimum absolute atomic E-state index is 0.179. The topological polar surface area (TPSA) is 63.3 Å². The van der Waals surface area contributed by atoms with E-state index in [1.54, 1.807) is 0 Å². The van der Waals surface area contributed by atoms with Crippen molar-refractivity contribution in [2.75, 3.05) is 12.7 Å². The third kappa shape index (κ3) is 4.12. The Kier molecular flexibility index (Phi) is 3.87. The number of rotatable bonds is 3. The SMILES string of the molecule is NCC(F)C[P+](=O)O. The first-order valence-corrected chi connectivity index (χ1v) is 3.54. The Bertz CT molecular complexity index is 89.4. The molecule has 48 valence electrons. The number of hydrogen-bond donors (Lipinski definition) is 2. The molecule has 0 aliphatic rings. The van der Waals surface area contributed by atoms with Gasteiger partial charge in [0.2, 0.25) is 6.16 Å². The zero-order valence-corrected chi connectivity index (χ0v) is 5.14. The van der Waals surface area contributed by atoms with E-state index >= 15 is 0 Å². The van der Waals surface area contributed by atoms with Crippen LogP contribution < -0.4 is 5.73 Å². The molecule has 5 heteroatoms. The summed E-state index contributed by atoms with van der Waals surface area (Å²) in [6.07, 6.45) is -1.67. The number of alkyl halides is 1. The van der Waals surface area contributed by atoms with Gasteiger partial charge in [-0.15, -0.1) is 0 Å². The first-order valence-electron chi connectivity index (χ1n) is 2.14. The highest BCUT2D eigenvalue weighted by atomic mass is 31.1. The Balaban J connectivity index is 3.24. The van der Waals surface area contributed by atoms with Crippen LogP contribution in [0.5, 0.6) is 0 Å². The minimum atomic E-state index is -2.35. The van der Waals surface area contributed by atoms with Crippen LogP contribution in [0.2, 0.25) is 0 Å². The summed E-state index contributed by atoms with van der Waals surface area (Å²) in [5.74, 6) is 0. The van der Waals surface area contributed by atoms with Gasteiger partial charge in [-0.2, -0.15) is 4.89 Å². The number of nitrogens with two attached hydrogens (primary N) is 1. The van der Waals surface area contributed by atoms with E-state index in [-0.39, 0.29) is 12.7 Å². The van der Waals surface area contributed by atoms with Crippen LogP contribution in [0.3, 0.4) is 0 Å². The van der Waals surface area contributed by atoms with Crippen molar-refractivity contribution in [2.24, 2.45) is 5.73 Å². The van der Waals surface area contributed by atoms with Gasteiger partial charge < -0.3 is 5.73 Å². The number of halogens is 1. The standard InChI is InChI=1S/C3H7FNO2P/c4-3(1-5)2-8(6)7/h3H,1-2,5H2/p+1. The summed E-state index contributed by atoms with van der Waals surface area (Å²) in [5.41, 5.74) is 4.81. The van der Waals surface area contributed by atoms with Gasteiger partial charge in [0.15, 0.2) is 6.17 Å². The second kappa shape index (κ2) is 3.89. The van der Waals surface area contributed by atoms with Gasteiger partial charge in [-0.3, -0.25) is 0 Å². The molecule has 0 bridgehead atoms. The lowest BCUT2D eigenvalue weighted by atomic mass is 10.5. The zero-order valence-electron chi connectivity index (χ0n) is 4.25. The Labute approximate surface area is 47.6 Å². The van der Waals surface area contributed by atoms with Gasteiger partial charge in [0.05, 0.1) is 0 Å². The highest BCUT2D eigenvalue weighted by Crippen LogP contribution is 2.14. The van der Waals surface area contributed by atoms with Gasteiger partial charge in [-0.1, -0.05) is 0 Å². The third-order valence-corrected chi connectivity index (χ3v) is 1.32. The molecule has 0 aromatic carbocycles. The predicted octanol–water partition coefficient (Wildman–Crippen LogP) is 0.0179. The van der Waals surface area contributed by atoms with Crippen molar-refractivity contribution in [2.45, 2.75) is 6.17 Å². The van der Waals surface area contributed by atoms with E-state index in [0.717, 1.165) is 0 Å². The van der Waals surface area contributed by atoms with Crippen molar-refractivity contribution in [1.82, 2.24) is 0 Å². The molecule has 3 N–H and O–H groups in total. The van der Waals surface area contributed by atoms with E-state index in [9.17, 15) is 8.96 Å². The molecule has 0 radical (unpaired) electrons. The van der Waals surface area contributed by atoms with Crippen LogP contribution in [0.25, 0.3) is 0 Å². The molecule has 3 nitrogen and oxygen atoms in total. The Morgan fingerprint density at radius 3 is 2.50 bits per heavy atom. The van der Waals surface area contributed by atoms with Crippen molar-refractivity contribution >= 4 is 8.03 Å². The van der Waals surface area contributed by atoms with E-state index < -0.39 is 14.2 Å². The van der Waals surface area contributed by atoms with E-state index in [1.165, 1.54) is 0 Å². The van der Waals surface area contributed by atoms with Crippen molar-refractivity contribution < 1.29 is 13.8 Å². The highest BCUT2D eigenvalue weighted by molar-refractivity contribution is 7.38. The Morgan fingerprint density at radius 1 is 1.88 bits per heavy atom. The molecule has 0 spiro atoms. The monoisotopic (exact) mass is 140 g/mol. The van der Waals surface area contributed by atoms with E-state index in [0.29, 0.717) is 0 Å². The smallest absolute Gasteiger partial charge is 0.328 e. The van der Waals surface area contributed by atoms with Gasteiger partial charge in [0.1, 0.15) is 0 Å². The first kappa shape index (κ1) is 7.95. The molecule has 0 fully saturated rings. The lowest BCUT2D eigenvalue weighted by Crippen LogP contribution is -2.17. The Hall–Kier alpha value is -0.0500. The van der Waals surface area contributed by atoms with Crippen molar-refractivity contribution in [3.8, 4) is 0 Å². The summed E-state index contributed by atoms with van der Waals surface area (Å²) in [5, 5.41) is 0. The fourth-order valence-electron chi connectivity index (χ4n) is 0.244. The Morgan fingerprint density at radius 2 is 2.38 bits per heavy atom. The quantitative estimate of drug-likeness (QED) is 0.543. The van der Waals surface area contributed by atoms with E-state index in [1.807, 2.05) is 0 Å². The molecule has 0 aliphatic carbocycles. The van der Waals surface area contributed by atoms with Crippen molar-refractivity contribution in [1.29, 1.82) is 0 Å². The molecular formula is C3H8FNO2P+.